The zero-order chi connectivity index (χ0) is 24.4. The van der Waals surface area contributed by atoms with Crippen molar-refractivity contribution in [1.29, 1.82) is 0 Å². The standard InChI is InChI=1S/C27H27FN4O3/c1-31-15-13-22(14-16-31)32(2)26-30-24-17-21(9-12-25(24)35-26)29-27(33)34-23-10-5-19(6-11-23)18-3-7-20(28)8-4-18/h3-12,17,22H,13-16H2,1-2H3,(H,29,33). The molecular weight excluding hydrogens is 447 g/mol. The number of hydrogen-bond donors (Lipinski definition) is 1. The van der Waals surface area contributed by atoms with Crippen molar-refractivity contribution in [3.8, 4) is 16.9 Å². The summed E-state index contributed by atoms with van der Waals surface area (Å²) in [5.74, 6) is 0.118. The SMILES string of the molecule is CN1CCC(N(C)c2nc3cc(NC(=O)Oc4ccc(-c5ccc(F)cc5)cc4)ccc3o2)CC1. The summed E-state index contributed by atoms with van der Waals surface area (Å²) >= 11 is 0. The number of anilines is 2. The Morgan fingerprint density at radius 3 is 2.40 bits per heavy atom. The van der Waals surface area contributed by atoms with Gasteiger partial charge in [0, 0.05) is 18.8 Å². The van der Waals surface area contributed by atoms with Crippen LogP contribution >= 0.6 is 0 Å². The summed E-state index contributed by atoms with van der Waals surface area (Å²) in [5.41, 5.74) is 3.67. The summed E-state index contributed by atoms with van der Waals surface area (Å²) in [6.45, 7) is 2.11. The van der Waals surface area contributed by atoms with Gasteiger partial charge in [0.1, 0.15) is 17.1 Å². The predicted molar refractivity (Wildman–Crippen MR) is 134 cm³/mol. The average Bonchev–Trinajstić information content (AvgIpc) is 3.28. The first-order valence-corrected chi connectivity index (χ1v) is 11.6. The molecule has 2 heterocycles. The molecule has 1 saturated heterocycles. The number of ether oxygens (including phenoxy) is 1. The number of aromatic nitrogens is 1. The first-order valence-electron chi connectivity index (χ1n) is 11.6. The van der Waals surface area contributed by atoms with Crippen molar-refractivity contribution in [2.45, 2.75) is 18.9 Å². The molecule has 0 spiro atoms. The van der Waals surface area contributed by atoms with Crippen LogP contribution in [0.1, 0.15) is 12.8 Å². The van der Waals surface area contributed by atoms with Gasteiger partial charge in [-0.3, -0.25) is 5.32 Å². The minimum Gasteiger partial charge on any atom is -0.423 e. The third-order valence-electron chi connectivity index (χ3n) is 6.40. The Labute approximate surface area is 203 Å². The second-order valence-electron chi connectivity index (χ2n) is 8.87. The van der Waals surface area contributed by atoms with Gasteiger partial charge in [0.15, 0.2) is 5.58 Å². The van der Waals surface area contributed by atoms with Crippen LogP contribution in [-0.2, 0) is 0 Å². The molecule has 1 amide bonds. The molecular formula is C27H27FN4O3. The number of amides is 1. The second-order valence-corrected chi connectivity index (χ2v) is 8.87. The summed E-state index contributed by atoms with van der Waals surface area (Å²) in [5, 5.41) is 2.74. The third kappa shape index (κ3) is 5.27. The minimum atomic E-state index is -0.606. The van der Waals surface area contributed by atoms with E-state index in [1.807, 2.05) is 19.2 Å². The predicted octanol–water partition coefficient (Wildman–Crippen LogP) is 5.78. The van der Waals surface area contributed by atoms with Crippen molar-refractivity contribution < 1.29 is 18.3 Å². The molecule has 0 bridgehead atoms. The van der Waals surface area contributed by atoms with Gasteiger partial charge >= 0.3 is 6.09 Å². The number of carbonyl (C=O) groups excluding carboxylic acids is 1. The van der Waals surface area contributed by atoms with Crippen LogP contribution in [0.4, 0.5) is 20.9 Å². The fourth-order valence-corrected chi connectivity index (χ4v) is 4.29. The minimum absolute atomic E-state index is 0.283. The van der Waals surface area contributed by atoms with E-state index >= 15 is 0 Å². The number of piperidine rings is 1. The van der Waals surface area contributed by atoms with Crippen LogP contribution in [0.3, 0.4) is 0 Å². The largest absolute Gasteiger partial charge is 0.423 e. The van der Waals surface area contributed by atoms with Crippen LogP contribution in [0.5, 0.6) is 5.75 Å². The Hall–Kier alpha value is -3.91. The number of halogens is 1. The van der Waals surface area contributed by atoms with Gasteiger partial charge in [-0.1, -0.05) is 24.3 Å². The van der Waals surface area contributed by atoms with Gasteiger partial charge in [-0.2, -0.15) is 4.98 Å². The van der Waals surface area contributed by atoms with Gasteiger partial charge < -0.3 is 19.0 Å². The van der Waals surface area contributed by atoms with Crippen molar-refractivity contribution in [2.75, 3.05) is 37.4 Å². The molecule has 0 atom stereocenters. The number of benzene rings is 3. The number of oxazole rings is 1. The van der Waals surface area contributed by atoms with Crippen LogP contribution in [-0.4, -0.2) is 49.2 Å². The number of nitrogens with one attached hydrogen (secondary N) is 1. The number of hydrogen-bond acceptors (Lipinski definition) is 6. The van der Waals surface area contributed by atoms with E-state index in [0.717, 1.165) is 37.1 Å². The molecule has 3 aromatic carbocycles. The molecule has 0 aliphatic carbocycles. The van der Waals surface area contributed by atoms with Gasteiger partial charge in [0.25, 0.3) is 6.01 Å². The van der Waals surface area contributed by atoms with E-state index in [1.54, 1.807) is 42.5 Å². The van der Waals surface area contributed by atoms with E-state index < -0.39 is 6.09 Å². The summed E-state index contributed by atoms with van der Waals surface area (Å²) < 4.78 is 24.5. The number of nitrogens with zero attached hydrogens (tertiary/aromatic N) is 3. The first-order chi connectivity index (χ1) is 16.9. The van der Waals surface area contributed by atoms with Crippen LogP contribution in [0.2, 0.25) is 0 Å². The molecule has 7 nitrogen and oxygen atoms in total. The maximum Gasteiger partial charge on any atom is 0.417 e. The molecule has 4 aromatic rings. The molecule has 1 aliphatic rings. The fourth-order valence-electron chi connectivity index (χ4n) is 4.29. The summed E-state index contributed by atoms with van der Waals surface area (Å²) in [4.78, 5) is 21.5. The molecule has 1 aromatic heterocycles. The maximum absolute atomic E-state index is 13.1. The normalized spacial score (nSPS) is 14.7. The van der Waals surface area contributed by atoms with Crippen molar-refractivity contribution >= 4 is 28.9 Å². The average molecular weight is 475 g/mol. The van der Waals surface area contributed by atoms with E-state index in [1.165, 1.54) is 12.1 Å². The monoisotopic (exact) mass is 474 g/mol. The van der Waals surface area contributed by atoms with Crippen molar-refractivity contribution in [1.82, 2.24) is 9.88 Å². The Morgan fingerprint density at radius 1 is 1.06 bits per heavy atom. The lowest BCUT2D eigenvalue weighted by molar-refractivity contribution is 0.215. The topological polar surface area (TPSA) is 70.8 Å². The Bertz CT molecular complexity index is 1310. The quantitative estimate of drug-likeness (QED) is 0.396. The summed E-state index contributed by atoms with van der Waals surface area (Å²) in [6.07, 6.45) is 1.52. The molecule has 1 aliphatic heterocycles. The molecule has 180 valence electrons. The smallest absolute Gasteiger partial charge is 0.417 e. The van der Waals surface area contributed by atoms with Gasteiger partial charge in [-0.25, -0.2) is 9.18 Å². The van der Waals surface area contributed by atoms with E-state index in [9.17, 15) is 9.18 Å². The fraction of sp³-hybridized carbons (Fsp3) is 0.259. The van der Waals surface area contributed by atoms with Gasteiger partial charge in [-0.05, 0) is 86.6 Å². The molecule has 1 fully saturated rings. The molecule has 8 heteroatoms. The Kier molecular flexibility index (Phi) is 6.37. The lowest BCUT2D eigenvalue weighted by Crippen LogP contribution is -2.42. The van der Waals surface area contributed by atoms with Crippen LogP contribution in [0, 0.1) is 5.82 Å². The van der Waals surface area contributed by atoms with Crippen molar-refractivity contribution in [3.05, 3.63) is 72.5 Å². The molecule has 0 unspecified atom stereocenters. The number of likely N-dealkylation sites (tertiary alicyclic amines) is 1. The Balaban J connectivity index is 1.22. The zero-order valence-corrected chi connectivity index (χ0v) is 19.7. The van der Waals surface area contributed by atoms with Crippen LogP contribution in [0.15, 0.2) is 71.1 Å². The highest BCUT2D eigenvalue weighted by molar-refractivity contribution is 5.89. The molecule has 0 radical (unpaired) electrons. The highest BCUT2D eigenvalue weighted by Crippen LogP contribution is 2.28. The number of rotatable bonds is 5. The van der Waals surface area contributed by atoms with E-state index in [2.05, 4.69) is 27.1 Å². The van der Waals surface area contributed by atoms with E-state index in [0.29, 0.717) is 34.6 Å². The highest BCUT2D eigenvalue weighted by Gasteiger charge is 2.24. The zero-order valence-electron chi connectivity index (χ0n) is 19.7. The molecule has 1 N–H and O–H groups in total. The molecule has 5 rings (SSSR count). The van der Waals surface area contributed by atoms with E-state index in [-0.39, 0.29) is 5.82 Å². The number of carbonyl (C=O) groups is 1. The van der Waals surface area contributed by atoms with Crippen molar-refractivity contribution in [3.63, 3.8) is 0 Å². The maximum atomic E-state index is 13.1. The highest BCUT2D eigenvalue weighted by atomic mass is 19.1. The van der Waals surface area contributed by atoms with Crippen LogP contribution in [0.25, 0.3) is 22.2 Å². The second kappa shape index (κ2) is 9.76. The lowest BCUT2D eigenvalue weighted by atomic mass is 10.0. The Morgan fingerprint density at radius 2 is 1.71 bits per heavy atom. The lowest BCUT2D eigenvalue weighted by Gasteiger charge is -2.34. The third-order valence-corrected chi connectivity index (χ3v) is 6.40. The molecule has 35 heavy (non-hydrogen) atoms. The van der Waals surface area contributed by atoms with Gasteiger partial charge in [0.2, 0.25) is 0 Å². The first kappa shape index (κ1) is 22.9. The van der Waals surface area contributed by atoms with Gasteiger partial charge in [-0.15, -0.1) is 0 Å². The van der Waals surface area contributed by atoms with Gasteiger partial charge in [0.05, 0.1) is 0 Å². The van der Waals surface area contributed by atoms with Crippen LogP contribution < -0.4 is 15.0 Å². The number of fused-ring (bicyclic) bond motifs is 1. The molecule has 0 saturated carbocycles. The summed E-state index contributed by atoms with van der Waals surface area (Å²) in [7, 11) is 4.15. The van der Waals surface area contributed by atoms with Crippen molar-refractivity contribution in [2.24, 2.45) is 0 Å². The van der Waals surface area contributed by atoms with E-state index in [4.69, 9.17) is 9.15 Å². The summed E-state index contributed by atoms with van der Waals surface area (Å²) in [6, 6.07) is 19.6.